The van der Waals surface area contributed by atoms with Crippen molar-refractivity contribution in [3.8, 4) is 11.8 Å². The molecule has 1 amide bonds. The molecule has 1 aromatic rings. The van der Waals surface area contributed by atoms with E-state index in [4.69, 9.17) is 5.11 Å². The fourth-order valence-corrected chi connectivity index (χ4v) is 1.24. The number of rotatable bonds is 3. The molecule has 0 unspecified atom stereocenters. The Morgan fingerprint density at radius 3 is 2.94 bits per heavy atom. The van der Waals surface area contributed by atoms with Gasteiger partial charge in [-0.2, -0.15) is 0 Å². The van der Waals surface area contributed by atoms with Crippen LogP contribution < -0.4 is 5.32 Å². The second-order valence-corrected chi connectivity index (χ2v) is 3.50. The summed E-state index contributed by atoms with van der Waals surface area (Å²) in [5, 5.41) is 11.5. The molecular weight excluding hydrogens is 221 g/mol. The van der Waals surface area contributed by atoms with Gasteiger partial charge in [-0.1, -0.05) is 11.8 Å². The summed E-state index contributed by atoms with van der Waals surface area (Å²) in [6.45, 7) is 1.60. The minimum atomic E-state index is -0.434. The van der Waals surface area contributed by atoms with Crippen molar-refractivity contribution in [2.45, 2.75) is 20.0 Å². The van der Waals surface area contributed by atoms with Crippen LogP contribution in [0.3, 0.4) is 0 Å². The van der Waals surface area contributed by atoms with Crippen molar-refractivity contribution < 1.29 is 14.3 Å². The number of carbonyl (C=O) groups excluding carboxylic acids is 1. The largest absolute Gasteiger partial charge is 0.392 e. The van der Waals surface area contributed by atoms with Crippen LogP contribution in [0.5, 0.6) is 0 Å². The predicted molar refractivity (Wildman–Crippen MR) is 62.5 cm³/mol. The lowest BCUT2D eigenvalue weighted by Crippen LogP contribution is -2.20. The molecule has 0 aliphatic carbocycles. The maximum absolute atomic E-state index is 13.0. The summed E-state index contributed by atoms with van der Waals surface area (Å²) in [7, 11) is 0. The van der Waals surface area contributed by atoms with Gasteiger partial charge in [-0.25, -0.2) is 4.39 Å². The summed E-state index contributed by atoms with van der Waals surface area (Å²) in [6, 6.07) is 4.35. The van der Waals surface area contributed by atoms with E-state index in [1.54, 1.807) is 6.07 Å². The lowest BCUT2D eigenvalue weighted by atomic mass is 10.1. The van der Waals surface area contributed by atoms with Crippen molar-refractivity contribution in [2.75, 3.05) is 6.54 Å². The lowest BCUT2D eigenvalue weighted by molar-refractivity contribution is -0.118. The van der Waals surface area contributed by atoms with Crippen LogP contribution in [0.1, 0.15) is 24.5 Å². The zero-order valence-corrected chi connectivity index (χ0v) is 9.59. The van der Waals surface area contributed by atoms with E-state index in [1.807, 2.05) is 0 Å². The van der Waals surface area contributed by atoms with Crippen LogP contribution in [0.2, 0.25) is 0 Å². The number of nitrogens with one attached hydrogen (secondary N) is 1. The van der Waals surface area contributed by atoms with E-state index >= 15 is 0 Å². The zero-order valence-electron chi connectivity index (χ0n) is 9.59. The first-order chi connectivity index (χ1) is 8.13. The fraction of sp³-hybridized carbons (Fsp3) is 0.308. The van der Waals surface area contributed by atoms with Crippen molar-refractivity contribution in [2.24, 2.45) is 0 Å². The average Bonchev–Trinajstić information content (AvgIpc) is 2.30. The molecule has 0 aliphatic rings. The second-order valence-electron chi connectivity index (χ2n) is 3.50. The Morgan fingerprint density at radius 2 is 2.29 bits per heavy atom. The van der Waals surface area contributed by atoms with Crippen LogP contribution in [-0.4, -0.2) is 17.6 Å². The summed E-state index contributed by atoms with van der Waals surface area (Å²) in [6.07, 6.45) is 0.533. The highest BCUT2D eigenvalue weighted by Crippen LogP contribution is 2.09. The summed E-state index contributed by atoms with van der Waals surface area (Å²) in [5.41, 5.74) is 0.886. The van der Waals surface area contributed by atoms with Crippen LogP contribution in [0.4, 0.5) is 4.39 Å². The Bertz CT molecular complexity index is 460. The van der Waals surface area contributed by atoms with E-state index in [-0.39, 0.29) is 18.1 Å². The SMILES string of the molecule is CC(=O)NCCC#Cc1ccc(F)c(CO)c1. The predicted octanol–water partition coefficient (Wildman–Crippen LogP) is 1.20. The summed E-state index contributed by atoms with van der Waals surface area (Å²) < 4.78 is 13.0. The van der Waals surface area contributed by atoms with Gasteiger partial charge in [0.2, 0.25) is 5.91 Å². The van der Waals surface area contributed by atoms with Crippen LogP contribution in [0.25, 0.3) is 0 Å². The van der Waals surface area contributed by atoms with E-state index in [0.29, 0.717) is 18.5 Å². The third-order valence-corrected chi connectivity index (χ3v) is 2.07. The molecule has 0 aromatic heterocycles. The van der Waals surface area contributed by atoms with E-state index < -0.39 is 5.82 Å². The van der Waals surface area contributed by atoms with Gasteiger partial charge in [0.1, 0.15) is 5.82 Å². The third-order valence-electron chi connectivity index (χ3n) is 2.07. The van der Waals surface area contributed by atoms with E-state index in [1.165, 1.54) is 19.1 Å². The summed E-state index contributed by atoms with van der Waals surface area (Å²) in [4.78, 5) is 10.6. The second kappa shape index (κ2) is 6.66. The Kier molecular flexibility index (Phi) is 5.18. The quantitative estimate of drug-likeness (QED) is 0.611. The van der Waals surface area contributed by atoms with Gasteiger partial charge in [0, 0.05) is 31.0 Å². The van der Waals surface area contributed by atoms with Crippen molar-refractivity contribution >= 4 is 5.91 Å². The zero-order chi connectivity index (χ0) is 12.7. The van der Waals surface area contributed by atoms with Gasteiger partial charge in [-0.05, 0) is 18.2 Å². The Balaban J connectivity index is 2.57. The molecule has 0 fully saturated rings. The molecule has 0 saturated heterocycles. The van der Waals surface area contributed by atoms with Gasteiger partial charge in [0.05, 0.1) is 6.61 Å². The monoisotopic (exact) mass is 235 g/mol. The number of benzene rings is 1. The first kappa shape index (κ1) is 13.2. The van der Waals surface area contributed by atoms with Crippen LogP contribution >= 0.6 is 0 Å². The van der Waals surface area contributed by atoms with Gasteiger partial charge in [0.25, 0.3) is 0 Å². The van der Waals surface area contributed by atoms with Crippen LogP contribution in [0, 0.1) is 17.7 Å². The highest BCUT2D eigenvalue weighted by Gasteiger charge is 2.00. The van der Waals surface area contributed by atoms with Crippen molar-refractivity contribution in [3.63, 3.8) is 0 Å². The van der Waals surface area contributed by atoms with E-state index in [2.05, 4.69) is 17.2 Å². The molecule has 17 heavy (non-hydrogen) atoms. The van der Waals surface area contributed by atoms with Crippen molar-refractivity contribution in [1.82, 2.24) is 5.32 Å². The lowest BCUT2D eigenvalue weighted by Gasteiger charge is -1.99. The number of halogens is 1. The Morgan fingerprint density at radius 1 is 1.53 bits per heavy atom. The molecule has 0 atom stereocenters. The highest BCUT2D eigenvalue weighted by atomic mass is 19.1. The molecule has 0 aliphatic heterocycles. The van der Waals surface area contributed by atoms with Gasteiger partial charge in [-0.15, -0.1) is 0 Å². The topological polar surface area (TPSA) is 49.3 Å². The van der Waals surface area contributed by atoms with Gasteiger partial charge in [-0.3, -0.25) is 4.79 Å². The molecule has 0 heterocycles. The number of hydrogen-bond donors (Lipinski definition) is 2. The smallest absolute Gasteiger partial charge is 0.216 e. The van der Waals surface area contributed by atoms with Crippen molar-refractivity contribution in [3.05, 3.63) is 35.1 Å². The maximum Gasteiger partial charge on any atom is 0.216 e. The van der Waals surface area contributed by atoms with Crippen LogP contribution in [-0.2, 0) is 11.4 Å². The average molecular weight is 235 g/mol. The molecule has 4 heteroatoms. The molecular formula is C13H14FNO2. The number of amides is 1. The third kappa shape index (κ3) is 4.66. The maximum atomic E-state index is 13.0. The molecule has 1 rings (SSSR count). The molecule has 3 nitrogen and oxygen atoms in total. The summed E-state index contributed by atoms with van der Waals surface area (Å²) >= 11 is 0. The van der Waals surface area contributed by atoms with E-state index in [9.17, 15) is 9.18 Å². The number of aliphatic hydroxyl groups excluding tert-OH is 1. The van der Waals surface area contributed by atoms with Gasteiger partial charge >= 0.3 is 0 Å². The summed E-state index contributed by atoms with van der Waals surface area (Å²) in [5.74, 6) is 5.18. The molecule has 1 aromatic carbocycles. The normalized spacial score (nSPS) is 9.35. The minimum absolute atomic E-state index is 0.0869. The molecule has 0 saturated carbocycles. The first-order valence-electron chi connectivity index (χ1n) is 5.26. The highest BCUT2D eigenvalue weighted by molar-refractivity contribution is 5.72. The Hall–Kier alpha value is -1.86. The Labute approximate surface area is 99.7 Å². The van der Waals surface area contributed by atoms with E-state index in [0.717, 1.165) is 0 Å². The minimum Gasteiger partial charge on any atom is -0.392 e. The van der Waals surface area contributed by atoms with Gasteiger partial charge < -0.3 is 10.4 Å². The number of aliphatic hydroxyl groups is 1. The van der Waals surface area contributed by atoms with Crippen molar-refractivity contribution in [1.29, 1.82) is 0 Å². The molecule has 0 radical (unpaired) electrons. The number of carbonyl (C=O) groups is 1. The molecule has 0 spiro atoms. The molecule has 90 valence electrons. The molecule has 2 N–H and O–H groups in total. The number of hydrogen-bond acceptors (Lipinski definition) is 2. The van der Waals surface area contributed by atoms with Crippen LogP contribution in [0.15, 0.2) is 18.2 Å². The van der Waals surface area contributed by atoms with Gasteiger partial charge in [0.15, 0.2) is 0 Å². The first-order valence-corrected chi connectivity index (χ1v) is 5.26. The fourth-order valence-electron chi connectivity index (χ4n) is 1.24. The molecule has 0 bridgehead atoms. The standard InChI is InChI=1S/C13H14FNO2/c1-10(17)15-7-3-2-4-11-5-6-13(14)12(8-11)9-16/h5-6,8,16H,3,7,9H2,1H3,(H,15,17).